The van der Waals surface area contributed by atoms with E-state index in [1.807, 2.05) is 0 Å². The summed E-state index contributed by atoms with van der Waals surface area (Å²) >= 11 is 1.44. The molecule has 7 nitrogen and oxygen atoms in total. The second-order valence-corrected chi connectivity index (χ2v) is 8.17. The summed E-state index contributed by atoms with van der Waals surface area (Å²) in [5.41, 5.74) is 1.93. The lowest BCUT2D eigenvalue weighted by atomic mass is 10.2. The third kappa shape index (κ3) is 4.00. The number of benzene rings is 1. The monoisotopic (exact) mass is 403 g/mol. The maximum Gasteiger partial charge on any atom is 0.315 e. The Morgan fingerprint density at radius 2 is 1.82 bits per heavy atom. The van der Waals surface area contributed by atoms with Crippen molar-refractivity contribution in [1.82, 2.24) is 14.8 Å². The topological polar surface area (TPSA) is 68.8 Å². The van der Waals surface area contributed by atoms with E-state index < -0.39 is 11.8 Å². The fourth-order valence-electron chi connectivity index (χ4n) is 3.49. The van der Waals surface area contributed by atoms with Gasteiger partial charge in [-0.2, -0.15) is 0 Å². The number of carbonyl (C=O) groups excluding carboxylic acids is 2. The summed E-state index contributed by atoms with van der Waals surface area (Å²) < 4.78 is 13.1. The molecule has 1 fully saturated rings. The Morgan fingerprint density at radius 1 is 1.11 bits per heavy atom. The van der Waals surface area contributed by atoms with Crippen LogP contribution in [0.2, 0.25) is 0 Å². The van der Waals surface area contributed by atoms with Gasteiger partial charge >= 0.3 is 11.8 Å². The SMILES string of the molecule is CN1CCc2nc(NC(=O)C(=O)N3CCN(c4ccc(F)cc4)CC3)sc2C1. The minimum Gasteiger partial charge on any atom is -0.368 e. The Balaban J connectivity index is 1.32. The first-order chi connectivity index (χ1) is 13.5. The van der Waals surface area contributed by atoms with Crippen LogP contribution in [0.4, 0.5) is 15.2 Å². The quantitative estimate of drug-likeness (QED) is 0.771. The maximum atomic E-state index is 13.1. The van der Waals surface area contributed by atoms with E-state index in [-0.39, 0.29) is 5.82 Å². The molecule has 0 atom stereocenters. The first-order valence-corrected chi connectivity index (χ1v) is 10.1. The van der Waals surface area contributed by atoms with Gasteiger partial charge in [-0.1, -0.05) is 0 Å². The summed E-state index contributed by atoms with van der Waals surface area (Å²) in [6.07, 6.45) is 0.859. The van der Waals surface area contributed by atoms with Gasteiger partial charge in [-0.15, -0.1) is 11.3 Å². The summed E-state index contributed by atoms with van der Waals surface area (Å²) in [5, 5.41) is 3.15. The first-order valence-electron chi connectivity index (χ1n) is 9.27. The van der Waals surface area contributed by atoms with Gasteiger partial charge in [-0.3, -0.25) is 14.9 Å². The molecular formula is C19H22FN5O2S. The minimum absolute atomic E-state index is 0.273. The fraction of sp³-hybridized carbons (Fsp3) is 0.421. The van der Waals surface area contributed by atoms with Gasteiger partial charge in [0, 0.05) is 56.3 Å². The number of likely N-dealkylation sites (N-methyl/N-ethyl adjacent to an activating group) is 1. The minimum atomic E-state index is -0.644. The van der Waals surface area contributed by atoms with Gasteiger partial charge in [0.05, 0.1) is 5.69 Å². The van der Waals surface area contributed by atoms with Crippen molar-refractivity contribution in [3.05, 3.63) is 40.7 Å². The number of amides is 2. The van der Waals surface area contributed by atoms with E-state index in [1.54, 1.807) is 17.0 Å². The number of rotatable bonds is 2. The van der Waals surface area contributed by atoms with E-state index in [4.69, 9.17) is 0 Å². The van der Waals surface area contributed by atoms with Gasteiger partial charge in [0.25, 0.3) is 0 Å². The van der Waals surface area contributed by atoms with Gasteiger partial charge in [0.15, 0.2) is 5.13 Å². The average Bonchev–Trinajstić information content (AvgIpc) is 3.09. The molecule has 1 aromatic carbocycles. The number of hydrogen-bond acceptors (Lipinski definition) is 6. The molecule has 28 heavy (non-hydrogen) atoms. The lowest BCUT2D eigenvalue weighted by Crippen LogP contribution is -2.51. The summed E-state index contributed by atoms with van der Waals surface area (Å²) in [6, 6.07) is 6.29. The fourth-order valence-corrected chi connectivity index (χ4v) is 4.57. The molecule has 0 radical (unpaired) electrons. The Bertz CT molecular complexity index is 877. The number of carbonyl (C=O) groups is 2. The normalized spacial score (nSPS) is 17.4. The zero-order valence-electron chi connectivity index (χ0n) is 15.7. The van der Waals surface area contributed by atoms with Crippen molar-refractivity contribution >= 4 is 34.0 Å². The number of anilines is 2. The highest BCUT2D eigenvalue weighted by Crippen LogP contribution is 2.27. The van der Waals surface area contributed by atoms with Crippen molar-refractivity contribution in [3.63, 3.8) is 0 Å². The average molecular weight is 403 g/mol. The van der Waals surface area contributed by atoms with Crippen LogP contribution in [0, 0.1) is 5.82 Å². The van der Waals surface area contributed by atoms with E-state index >= 15 is 0 Å². The van der Waals surface area contributed by atoms with Gasteiger partial charge in [0.2, 0.25) is 0 Å². The highest BCUT2D eigenvalue weighted by Gasteiger charge is 2.27. The number of nitrogens with one attached hydrogen (secondary N) is 1. The smallest absolute Gasteiger partial charge is 0.315 e. The number of halogens is 1. The van der Waals surface area contributed by atoms with Crippen molar-refractivity contribution in [2.45, 2.75) is 13.0 Å². The van der Waals surface area contributed by atoms with Crippen LogP contribution in [0.5, 0.6) is 0 Å². The molecule has 0 aliphatic carbocycles. The molecular weight excluding hydrogens is 381 g/mol. The van der Waals surface area contributed by atoms with Gasteiger partial charge < -0.3 is 14.7 Å². The molecule has 2 aliphatic heterocycles. The molecule has 0 saturated carbocycles. The summed E-state index contributed by atoms with van der Waals surface area (Å²) in [5.74, 6) is -1.46. The van der Waals surface area contributed by atoms with Crippen LogP contribution >= 0.6 is 11.3 Å². The van der Waals surface area contributed by atoms with E-state index in [0.717, 1.165) is 35.8 Å². The molecule has 3 heterocycles. The molecule has 0 bridgehead atoms. The van der Waals surface area contributed by atoms with Crippen molar-refractivity contribution < 1.29 is 14.0 Å². The van der Waals surface area contributed by atoms with Crippen LogP contribution in [-0.4, -0.2) is 66.4 Å². The zero-order chi connectivity index (χ0) is 19.7. The standard InChI is InChI=1S/C19H22FN5O2S/c1-23-7-6-15-16(12-23)28-19(21-15)22-17(26)18(27)25-10-8-24(9-11-25)14-4-2-13(20)3-5-14/h2-5H,6-12H2,1H3,(H,21,22,26). The molecule has 0 unspecified atom stereocenters. The van der Waals surface area contributed by atoms with Crippen LogP contribution in [-0.2, 0) is 22.6 Å². The molecule has 1 aromatic heterocycles. The number of piperazine rings is 1. The van der Waals surface area contributed by atoms with Crippen LogP contribution in [0.3, 0.4) is 0 Å². The number of nitrogens with zero attached hydrogens (tertiary/aromatic N) is 4. The molecule has 4 rings (SSSR count). The van der Waals surface area contributed by atoms with E-state index in [9.17, 15) is 14.0 Å². The largest absolute Gasteiger partial charge is 0.368 e. The van der Waals surface area contributed by atoms with Crippen LogP contribution in [0.15, 0.2) is 24.3 Å². The molecule has 1 saturated heterocycles. The Morgan fingerprint density at radius 3 is 2.54 bits per heavy atom. The van der Waals surface area contributed by atoms with Crippen molar-refractivity contribution in [1.29, 1.82) is 0 Å². The van der Waals surface area contributed by atoms with Crippen molar-refractivity contribution in [3.8, 4) is 0 Å². The molecule has 9 heteroatoms. The number of fused-ring (bicyclic) bond motifs is 1. The molecule has 2 aromatic rings. The van der Waals surface area contributed by atoms with Gasteiger partial charge in [0.1, 0.15) is 5.82 Å². The molecule has 2 aliphatic rings. The van der Waals surface area contributed by atoms with Gasteiger partial charge in [-0.25, -0.2) is 9.37 Å². The van der Waals surface area contributed by atoms with E-state index in [0.29, 0.717) is 31.3 Å². The van der Waals surface area contributed by atoms with Gasteiger partial charge in [-0.05, 0) is 31.3 Å². The molecule has 1 N–H and O–H groups in total. The highest BCUT2D eigenvalue weighted by atomic mass is 32.1. The van der Waals surface area contributed by atoms with Crippen molar-refractivity contribution in [2.24, 2.45) is 0 Å². The summed E-state index contributed by atoms with van der Waals surface area (Å²) in [6.45, 7) is 3.86. The first kappa shape index (κ1) is 18.8. The number of thiazole rings is 1. The maximum absolute atomic E-state index is 13.1. The second-order valence-electron chi connectivity index (χ2n) is 7.09. The Labute approximate surface area is 166 Å². The molecule has 0 spiro atoms. The van der Waals surface area contributed by atoms with E-state index in [1.165, 1.54) is 23.5 Å². The predicted octanol–water partition coefficient (Wildman–Crippen LogP) is 1.56. The predicted molar refractivity (Wildman–Crippen MR) is 106 cm³/mol. The lowest BCUT2D eigenvalue weighted by molar-refractivity contribution is -0.143. The summed E-state index contributed by atoms with van der Waals surface area (Å²) in [4.78, 5) is 36.3. The third-order valence-electron chi connectivity index (χ3n) is 5.10. The number of hydrogen-bond donors (Lipinski definition) is 1. The zero-order valence-corrected chi connectivity index (χ0v) is 16.5. The van der Waals surface area contributed by atoms with Crippen LogP contribution in [0.1, 0.15) is 10.6 Å². The lowest BCUT2D eigenvalue weighted by Gasteiger charge is -2.35. The second kappa shape index (κ2) is 7.84. The Hall–Kier alpha value is -2.52. The Kier molecular flexibility index (Phi) is 5.27. The van der Waals surface area contributed by atoms with E-state index in [2.05, 4.69) is 27.1 Å². The summed E-state index contributed by atoms with van der Waals surface area (Å²) in [7, 11) is 2.05. The van der Waals surface area contributed by atoms with Crippen molar-refractivity contribution in [2.75, 3.05) is 50.0 Å². The van der Waals surface area contributed by atoms with Crippen LogP contribution in [0.25, 0.3) is 0 Å². The van der Waals surface area contributed by atoms with Crippen LogP contribution < -0.4 is 10.2 Å². The number of aromatic nitrogens is 1. The molecule has 2 amide bonds. The highest BCUT2D eigenvalue weighted by molar-refractivity contribution is 7.16. The molecule has 148 valence electrons. The third-order valence-corrected chi connectivity index (χ3v) is 6.09.